The monoisotopic (exact) mass is 755 g/mol. The Balaban J connectivity index is 0.896. The second-order valence-electron chi connectivity index (χ2n) is 17.1. The summed E-state index contributed by atoms with van der Waals surface area (Å²) >= 11 is 0. The van der Waals surface area contributed by atoms with Crippen molar-refractivity contribution in [1.29, 1.82) is 0 Å². The lowest BCUT2D eigenvalue weighted by Gasteiger charge is -2.40. The van der Waals surface area contributed by atoms with Gasteiger partial charge in [0.25, 0.3) is 0 Å². The van der Waals surface area contributed by atoms with Gasteiger partial charge in [-0.1, -0.05) is 135 Å². The van der Waals surface area contributed by atoms with Gasteiger partial charge in [-0.25, -0.2) is 0 Å². The molecule has 0 bridgehead atoms. The summed E-state index contributed by atoms with van der Waals surface area (Å²) in [5, 5.41) is 2.54. The van der Waals surface area contributed by atoms with Crippen molar-refractivity contribution in [3.63, 3.8) is 0 Å². The van der Waals surface area contributed by atoms with E-state index in [1.54, 1.807) is 0 Å². The van der Waals surface area contributed by atoms with E-state index in [9.17, 15) is 0 Å². The number of rotatable bonds is 4. The molecule has 9 aromatic rings. The fourth-order valence-electron chi connectivity index (χ4n) is 10.5. The molecular weight excluding hydrogens is 715 g/mol. The van der Waals surface area contributed by atoms with Crippen LogP contribution < -0.4 is 0 Å². The van der Waals surface area contributed by atoms with E-state index in [-0.39, 0.29) is 11.5 Å². The van der Waals surface area contributed by atoms with Gasteiger partial charge in [0, 0.05) is 34.3 Å². The predicted molar refractivity (Wildman–Crippen MR) is 247 cm³/mol. The van der Waals surface area contributed by atoms with Crippen LogP contribution in [0.1, 0.15) is 49.1 Å². The lowest BCUT2D eigenvalue weighted by molar-refractivity contribution is 0.397. The van der Waals surface area contributed by atoms with Gasteiger partial charge in [-0.05, 0) is 139 Å². The standard InChI is InChI=1S/C56H41N3/c1-55(2)50-33-39(36-13-11-12-35(30-36)37-22-26-49-47(31-37)42-16-7-8-18-46(42)54-56(49,3)58-29-28-57-54)20-24-43(50)44-25-21-40(34-51(44)55)38-23-27-53-48(32-38)45-17-9-10-19-52(45)59(53)41-14-5-4-6-15-41/h4-34,54H,1-3H3. The fourth-order valence-corrected chi connectivity index (χ4v) is 10.5. The Morgan fingerprint density at radius 1 is 0.424 bits per heavy atom. The molecule has 2 heterocycles. The molecule has 8 aromatic carbocycles. The number of aromatic nitrogens is 1. The fraction of sp³-hybridized carbons (Fsp3) is 0.107. The Morgan fingerprint density at radius 3 is 1.81 bits per heavy atom. The van der Waals surface area contributed by atoms with Crippen LogP contribution in [0.2, 0.25) is 0 Å². The highest BCUT2D eigenvalue weighted by Crippen LogP contribution is 2.54. The van der Waals surface area contributed by atoms with Crippen molar-refractivity contribution in [1.82, 2.24) is 4.57 Å². The SMILES string of the molecule is CC1(C)c2cc(-c3cccc(-c4ccc5c(c4)-c4ccccc4C4N=CC=NC54C)c3)ccc2-c2ccc(-c3ccc4c(c3)c3ccccc3n4-c3ccccc3)cc21. The quantitative estimate of drug-likeness (QED) is 0.171. The first kappa shape index (κ1) is 34.0. The number of hydrogen-bond acceptors (Lipinski definition) is 2. The summed E-state index contributed by atoms with van der Waals surface area (Å²) in [7, 11) is 0. The Labute approximate surface area is 344 Å². The maximum absolute atomic E-state index is 5.01. The molecule has 0 fully saturated rings. The molecule has 0 saturated heterocycles. The van der Waals surface area contributed by atoms with E-state index in [1.165, 1.54) is 105 Å². The maximum Gasteiger partial charge on any atom is 0.110 e. The molecule has 0 spiro atoms. The summed E-state index contributed by atoms with van der Waals surface area (Å²) in [5.74, 6) is 0. The highest BCUT2D eigenvalue weighted by atomic mass is 15.0. The molecule has 2 unspecified atom stereocenters. The molecule has 280 valence electrons. The third kappa shape index (κ3) is 4.94. The molecule has 2 aliphatic carbocycles. The van der Waals surface area contributed by atoms with E-state index >= 15 is 0 Å². The van der Waals surface area contributed by atoms with Gasteiger partial charge < -0.3 is 4.57 Å². The van der Waals surface area contributed by atoms with Crippen molar-refractivity contribution in [2.24, 2.45) is 9.98 Å². The van der Waals surface area contributed by atoms with Gasteiger partial charge >= 0.3 is 0 Å². The second-order valence-corrected chi connectivity index (χ2v) is 17.1. The lowest BCUT2D eigenvalue weighted by Crippen LogP contribution is -2.33. The van der Waals surface area contributed by atoms with Gasteiger partial charge in [0.15, 0.2) is 0 Å². The Hall–Kier alpha value is -7.10. The minimum absolute atomic E-state index is 0.0176. The minimum atomic E-state index is -0.424. The Kier molecular flexibility index (Phi) is 7.17. The molecule has 1 aliphatic heterocycles. The van der Waals surface area contributed by atoms with Crippen LogP contribution in [0.25, 0.3) is 83.1 Å². The number of hydrogen-bond donors (Lipinski definition) is 0. The van der Waals surface area contributed by atoms with E-state index < -0.39 is 5.54 Å². The van der Waals surface area contributed by atoms with Gasteiger partial charge in [-0.3, -0.25) is 9.98 Å². The van der Waals surface area contributed by atoms with Crippen molar-refractivity contribution in [2.45, 2.75) is 37.8 Å². The van der Waals surface area contributed by atoms with Crippen molar-refractivity contribution in [3.05, 3.63) is 198 Å². The third-order valence-corrected chi connectivity index (χ3v) is 13.5. The largest absolute Gasteiger partial charge is 0.309 e. The molecular formula is C56H41N3. The third-order valence-electron chi connectivity index (χ3n) is 13.5. The molecule has 0 N–H and O–H groups in total. The molecule has 3 nitrogen and oxygen atoms in total. The van der Waals surface area contributed by atoms with E-state index in [2.05, 4.69) is 201 Å². The first-order valence-electron chi connectivity index (χ1n) is 20.7. The topological polar surface area (TPSA) is 29.6 Å². The summed E-state index contributed by atoms with van der Waals surface area (Å²) in [5.41, 5.74) is 20.8. The average Bonchev–Trinajstić information content (AvgIpc) is 3.73. The van der Waals surface area contributed by atoms with Gasteiger partial charge in [-0.15, -0.1) is 0 Å². The summed E-state index contributed by atoms with van der Waals surface area (Å²) in [6.07, 6.45) is 3.70. The van der Waals surface area contributed by atoms with E-state index in [4.69, 9.17) is 9.98 Å². The smallest absolute Gasteiger partial charge is 0.110 e. The molecule has 1 aromatic heterocycles. The summed E-state index contributed by atoms with van der Waals surface area (Å²) in [6, 6.07) is 65.2. The van der Waals surface area contributed by atoms with E-state index in [0.29, 0.717) is 0 Å². The molecule has 0 saturated carbocycles. The maximum atomic E-state index is 5.01. The molecule has 0 amide bonds. The summed E-state index contributed by atoms with van der Waals surface area (Å²) in [4.78, 5) is 9.92. The van der Waals surface area contributed by atoms with Gasteiger partial charge in [0.1, 0.15) is 11.6 Å². The zero-order chi connectivity index (χ0) is 39.5. The number of benzene rings is 8. The van der Waals surface area contributed by atoms with Crippen molar-refractivity contribution < 1.29 is 0 Å². The van der Waals surface area contributed by atoms with Crippen LogP contribution in [0.5, 0.6) is 0 Å². The lowest BCUT2D eigenvalue weighted by atomic mass is 9.70. The molecule has 12 rings (SSSR count). The number of para-hydroxylation sites is 2. The highest BCUT2D eigenvalue weighted by molar-refractivity contribution is 6.17. The van der Waals surface area contributed by atoms with Crippen LogP contribution in [0.15, 0.2) is 186 Å². The highest BCUT2D eigenvalue weighted by Gasteiger charge is 2.44. The van der Waals surface area contributed by atoms with Gasteiger partial charge in [0.05, 0.1) is 11.0 Å². The number of fused-ring (bicyclic) bond motifs is 12. The molecule has 2 atom stereocenters. The summed E-state index contributed by atoms with van der Waals surface area (Å²) in [6.45, 7) is 6.99. The normalized spacial score (nSPS) is 18.0. The summed E-state index contributed by atoms with van der Waals surface area (Å²) < 4.78 is 2.38. The molecule has 59 heavy (non-hydrogen) atoms. The van der Waals surface area contributed by atoms with Crippen molar-refractivity contribution in [2.75, 3.05) is 0 Å². The first-order chi connectivity index (χ1) is 28.9. The average molecular weight is 756 g/mol. The van der Waals surface area contributed by atoms with Crippen molar-refractivity contribution >= 4 is 34.2 Å². The van der Waals surface area contributed by atoms with Gasteiger partial charge in [0.2, 0.25) is 0 Å². The van der Waals surface area contributed by atoms with Crippen LogP contribution >= 0.6 is 0 Å². The Bertz CT molecular complexity index is 3270. The number of nitrogens with zero attached hydrogens (tertiary/aromatic N) is 3. The van der Waals surface area contributed by atoms with Crippen LogP contribution in [0, 0.1) is 0 Å². The second kappa shape index (κ2) is 12.4. The van der Waals surface area contributed by atoms with Crippen LogP contribution in [-0.2, 0) is 11.0 Å². The minimum Gasteiger partial charge on any atom is -0.309 e. The van der Waals surface area contributed by atoms with Crippen LogP contribution in [0.3, 0.4) is 0 Å². The van der Waals surface area contributed by atoms with Crippen LogP contribution in [0.4, 0.5) is 0 Å². The molecule has 3 heteroatoms. The van der Waals surface area contributed by atoms with Crippen molar-refractivity contribution in [3.8, 4) is 61.3 Å². The molecule has 3 aliphatic rings. The number of aliphatic imine (C=N–C) groups is 2. The zero-order valence-electron chi connectivity index (χ0n) is 33.3. The predicted octanol–water partition coefficient (Wildman–Crippen LogP) is 14.2. The van der Waals surface area contributed by atoms with Crippen LogP contribution in [-0.4, -0.2) is 17.0 Å². The molecule has 0 radical (unpaired) electrons. The van der Waals surface area contributed by atoms with E-state index in [0.717, 1.165) is 0 Å². The Morgan fingerprint density at radius 2 is 1.03 bits per heavy atom. The zero-order valence-corrected chi connectivity index (χ0v) is 33.3. The van der Waals surface area contributed by atoms with Gasteiger partial charge in [-0.2, -0.15) is 0 Å². The first-order valence-corrected chi connectivity index (χ1v) is 20.7. The van der Waals surface area contributed by atoms with E-state index in [1.807, 2.05) is 12.4 Å².